The van der Waals surface area contributed by atoms with Gasteiger partial charge in [-0.1, -0.05) is 0 Å². The zero-order chi connectivity index (χ0) is 24.3. The summed E-state index contributed by atoms with van der Waals surface area (Å²) in [4.78, 5) is 6.84. The highest BCUT2D eigenvalue weighted by molar-refractivity contribution is 7.89. The molecule has 0 spiro atoms. The van der Waals surface area contributed by atoms with Crippen molar-refractivity contribution in [3.8, 4) is 12.1 Å². The maximum atomic E-state index is 12.8. The summed E-state index contributed by atoms with van der Waals surface area (Å²) in [7, 11) is 0.491. The van der Waals surface area contributed by atoms with Gasteiger partial charge in [0, 0.05) is 57.5 Å². The maximum absolute atomic E-state index is 12.8. The Kier molecular flexibility index (Phi) is 7.24. The Bertz CT molecular complexity index is 1190. The van der Waals surface area contributed by atoms with E-state index >= 15 is 0 Å². The van der Waals surface area contributed by atoms with Crippen molar-refractivity contribution < 1.29 is 12.8 Å². The molecule has 2 saturated heterocycles. The monoisotopic (exact) mass is 482 g/mol. The van der Waals surface area contributed by atoms with Gasteiger partial charge < -0.3 is 14.2 Å². The van der Waals surface area contributed by atoms with Gasteiger partial charge in [0.15, 0.2) is 0 Å². The van der Waals surface area contributed by atoms with E-state index in [2.05, 4.69) is 40.9 Å². The Hall–Kier alpha value is -2.89. The third-order valence-corrected chi connectivity index (χ3v) is 8.55. The highest BCUT2D eigenvalue weighted by atomic mass is 32.2. The Balaban J connectivity index is 1.40. The van der Waals surface area contributed by atoms with Gasteiger partial charge >= 0.3 is 0 Å². The maximum Gasteiger partial charge on any atom is 0.276 e. The number of piperazine rings is 1. The molecule has 34 heavy (non-hydrogen) atoms. The number of rotatable bonds is 6. The van der Waals surface area contributed by atoms with Crippen molar-refractivity contribution >= 4 is 15.7 Å². The minimum absolute atomic E-state index is 0.0212. The molecule has 0 aliphatic carbocycles. The average molecular weight is 483 g/mol. The van der Waals surface area contributed by atoms with Gasteiger partial charge in [-0.05, 0) is 62.8 Å². The van der Waals surface area contributed by atoms with Crippen LogP contribution in [-0.2, 0) is 16.6 Å². The van der Waals surface area contributed by atoms with Gasteiger partial charge in [0.25, 0.3) is 10.0 Å². The number of piperidine rings is 1. The molecule has 1 aromatic heterocycles. The minimum atomic E-state index is -3.77. The summed E-state index contributed by atoms with van der Waals surface area (Å²) in [5.74, 6) is -0.0212. The first-order valence-corrected chi connectivity index (χ1v) is 12.9. The first-order chi connectivity index (χ1) is 16.3. The van der Waals surface area contributed by atoms with E-state index in [1.165, 1.54) is 16.4 Å². The van der Waals surface area contributed by atoms with Crippen molar-refractivity contribution in [3.63, 3.8) is 0 Å². The molecule has 0 saturated carbocycles. The number of benzene rings is 1. The molecule has 9 nitrogen and oxygen atoms in total. The van der Waals surface area contributed by atoms with Crippen molar-refractivity contribution in [1.29, 1.82) is 10.5 Å². The molecule has 0 bridgehead atoms. The fraction of sp³-hybridized carbons (Fsp3) is 0.500. The lowest BCUT2D eigenvalue weighted by Crippen LogP contribution is -2.48. The fourth-order valence-electron chi connectivity index (χ4n) is 4.67. The van der Waals surface area contributed by atoms with Crippen LogP contribution in [0.2, 0.25) is 0 Å². The minimum Gasteiger partial charge on any atom is -0.433 e. The van der Waals surface area contributed by atoms with Crippen LogP contribution in [0.1, 0.15) is 29.7 Å². The number of nitrogens with zero attached hydrogens (tertiary/aromatic N) is 6. The van der Waals surface area contributed by atoms with E-state index < -0.39 is 10.0 Å². The standard InChI is InChI=1S/C24H30N6O3S/c1-27(2)21-7-9-29(10-8-21)22-4-3-19(16-25)20(15-22)18-28-11-13-30(14-12-28)34(31,32)24-6-5-23(17-26)33-24/h3-6,15,21H,7-14,18H2,1-2H3. The van der Waals surface area contributed by atoms with Gasteiger partial charge in [-0.25, -0.2) is 8.42 Å². The van der Waals surface area contributed by atoms with Crippen LogP contribution in [0.25, 0.3) is 0 Å². The Labute approximate surface area is 201 Å². The average Bonchev–Trinajstić information content (AvgIpc) is 3.35. The van der Waals surface area contributed by atoms with Crippen LogP contribution in [0, 0.1) is 22.7 Å². The van der Waals surface area contributed by atoms with Gasteiger partial charge in [0.1, 0.15) is 6.07 Å². The molecule has 0 unspecified atom stereocenters. The molecule has 0 N–H and O–H groups in total. The number of sulfonamides is 1. The van der Waals surface area contributed by atoms with Gasteiger partial charge in [-0.2, -0.15) is 14.8 Å². The molecule has 2 aromatic rings. The van der Waals surface area contributed by atoms with Crippen molar-refractivity contribution in [1.82, 2.24) is 14.1 Å². The van der Waals surface area contributed by atoms with Crippen LogP contribution in [0.5, 0.6) is 0 Å². The quantitative estimate of drug-likeness (QED) is 0.616. The van der Waals surface area contributed by atoms with E-state index in [1.807, 2.05) is 18.2 Å². The Morgan fingerprint density at radius 3 is 2.29 bits per heavy atom. The van der Waals surface area contributed by atoms with Crippen molar-refractivity contribution in [2.45, 2.75) is 30.5 Å². The molecule has 0 radical (unpaired) electrons. The number of furan rings is 1. The molecule has 180 valence electrons. The summed E-state index contributed by atoms with van der Waals surface area (Å²) >= 11 is 0. The smallest absolute Gasteiger partial charge is 0.276 e. The lowest BCUT2D eigenvalue weighted by molar-refractivity contribution is 0.180. The van der Waals surface area contributed by atoms with E-state index in [0.717, 1.165) is 37.2 Å². The Morgan fingerprint density at radius 1 is 1.00 bits per heavy atom. The second-order valence-corrected chi connectivity index (χ2v) is 10.9. The van der Waals surface area contributed by atoms with Crippen LogP contribution >= 0.6 is 0 Å². The second-order valence-electron chi connectivity index (χ2n) is 9.05. The number of nitriles is 2. The molecule has 0 atom stereocenters. The van der Waals surface area contributed by atoms with Crippen LogP contribution in [0.3, 0.4) is 0 Å². The predicted octanol–water partition coefficient (Wildman–Crippen LogP) is 2.06. The summed E-state index contributed by atoms with van der Waals surface area (Å²) in [6.07, 6.45) is 2.23. The molecule has 10 heteroatoms. The molecule has 3 heterocycles. The zero-order valence-corrected chi connectivity index (χ0v) is 20.5. The van der Waals surface area contributed by atoms with Gasteiger partial charge in [-0.3, -0.25) is 4.90 Å². The third kappa shape index (κ3) is 5.11. The number of anilines is 1. The van der Waals surface area contributed by atoms with Gasteiger partial charge in [-0.15, -0.1) is 0 Å². The van der Waals surface area contributed by atoms with Crippen molar-refractivity contribution in [2.24, 2.45) is 0 Å². The summed E-state index contributed by atoms with van der Waals surface area (Å²) < 4.78 is 32.2. The van der Waals surface area contributed by atoms with Gasteiger partial charge in [0.05, 0.1) is 11.6 Å². The molecule has 2 aliphatic rings. The highest BCUT2D eigenvalue weighted by Gasteiger charge is 2.31. The third-order valence-electron chi connectivity index (χ3n) is 6.78. The second kappa shape index (κ2) is 10.2. The van der Waals surface area contributed by atoms with Crippen LogP contribution in [0.4, 0.5) is 5.69 Å². The highest BCUT2D eigenvalue weighted by Crippen LogP contribution is 2.26. The molecule has 2 fully saturated rings. The zero-order valence-electron chi connectivity index (χ0n) is 19.6. The summed E-state index contributed by atoms with van der Waals surface area (Å²) in [6.45, 7) is 4.33. The molecule has 1 aromatic carbocycles. The van der Waals surface area contributed by atoms with Crippen LogP contribution < -0.4 is 4.90 Å². The number of hydrogen-bond acceptors (Lipinski definition) is 8. The summed E-state index contributed by atoms with van der Waals surface area (Å²) in [5.41, 5.74) is 2.76. The first kappa shape index (κ1) is 24.2. The van der Waals surface area contributed by atoms with Crippen molar-refractivity contribution in [2.75, 3.05) is 58.3 Å². The van der Waals surface area contributed by atoms with E-state index in [9.17, 15) is 13.7 Å². The SMILES string of the molecule is CN(C)C1CCN(c2ccc(C#N)c(CN3CCN(S(=O)(=O)c4ccc(C#N)o4)CC3)c2)CC1. The first-order valence-electron chi connectivity index (χ1n) is 11.5. The largest absolute Gasteiger partial charge is 0.433 e. The predicted molar refractivity (Wildman–Crippen MR) is 128 cm³/mol. The lowest BCUT2D eigenvalue weighted by atomic mass is 10.0. The number of hydrogen-bond donors (Lipinski definition) is 0. The molecular formula is C24H30N6O3S. The van der Waals surface area contributed by atoms with Crippen molar-refractivity contribution in [3.05, 3.63) is 47.2 Å². The molecule has 4 rings (SSSR count). The van der Waals surface area contributed by atoms with E-state index in [0.29, 0.717) is 44.3 Å². The molecular weight excluding hydrogens is 452 g/mol. The van der Waals surface area contributed by atoms with E-state index in [1.54, 1.807) is 0 Å². The molecule has 2 aliphatic heterocycles. The van der Waals surface area contributed by atoms with Crippen LogP contribution in [0.15, 0.2) is 39.8 Å². The topological polar surface area (TPSA) is 108 Å². The Morgan fingerprint density at radius 2 is 1.71 bits per heavy atom. The van der Waals surface area contributed by atoms with E-state index in [-0.39, 0.29) is 10.9 Å². The van der Waals surface area contributed by atoms with Gasteiger partial charge in [0.2, 0.25) is 10.9 Å². The van der Waals surface area contributed by atoms with E-state index in [4.69, 9.17) is 9.68 Å². The summed E-state index contributed by atoms with van der Waals surface area (Å²) in [5, 5.41) is 18.3. The lowest BCUT2D eigenvalue weighted by Gasteiger charge is -2.37. The fourth-order valence-corrected chi connectivity index (χ4v) is 6.01. The normalized spacial score (nSPS) is 18.7. The summed E-state index contributed by atoms with van der Waals surface area (Å²) in [6, 6.07) is 13.5. The molecule has 0 amide bonds. The van der Waals surface area contributed by atoms with Crippen LogP contribution in [-0.4, -0.2) is 81.9 Å².